The summed E-state index contributed by atoms with van der Waals surface area (Å²) in [5.74, 6) is -1.33. The largest absolute Gasteiger partial charge is 0.508 e. The number of nitrogens with two attached hydrogens (primary N) is 1. The monoisotopic (exact) mass is 259 g/mol. The number of carbonyl (C=O) groups is 1. The van der Waals surface area contributed by atoms with Gasteiger partial charge in [0.2, 0.25) is 0 Å². The molecule has 0 heterocycles. The van der Waals surface area contributed by atoms with Crippen LogP contribution in [-0.4, -0.2) is 16.2 Å². The molecule has 1 rings (SSSR count). The van der Waals surface area contributed by atoms with E-state index < -0.39 is 11.5 Å². The third kappa shape index (κ3) is 1.73. The number of benzene rings is 1. The Morgan fingerprint density at radius 2 is 2.14 bits per heavy atom. The van der Waals surface area contributed by atoms with Gasteiger partial charge in [0.15, 0.2) is 0 Å². The van der Waals surface area contributed by atoms with Gasteiger partial charge in [0.1, 0.15) is 11.3 Å². The first kappa shape index (κ1) is 11.0. The fourth-order valence-electron chi connectivity index (χ4n) is 1.13. The summed E-state index contributed by atoms with van der Waals surface area (Å²) >= 11 is 3.15. The summed E-state index contributed by atoms with van der Waals surface area (Å²) in [7, 11) is 0. The lowest BCUT2D eigenvalue weighted by Crippen LogP contribution is -2.42. The highest BCUT2D eigenvalue weighted by Gasteiger charge is 2.34. The van der Waals surface area contributed by atoms with Crippen molar-refractivity contribution in [3.05, 3.63) is 28.2 Å². The van der Waals surface area contributed by atoms with Gasteiger partial charge in [-0.1, -0.05) is 22.0 Å². The van der Waals surface area contributed by atoms with Gasteiger partial charge in [-0.2, -0.15) is 0 Å². The molecule has 4 N–H and O–H groups in total. The van der Waals surface area contributed by atoms with Crippen molar-refractivity contribution in [3.8, 4) is 5.75 Å². The van der Waals surface area contributed by atoms with Gasteiger partial charge in [0.05, 0.1) is 0 Å². The number of halogens is 1. The lowest BCUT2D eigenvalue weighted by molar-refractivity contribution is -0.143. The molecule has 1 unspecified atom stereocenters. The Morgan fingerprint density at radius 1 is 1.57 bits per heavy atom. The second-order valence-corrected chi connectivity index (χ2v) is 4.00. The normalized spacial score (nSPS) is 14.8. The van der Waals surface area contributed by atoms with Gasteiger partial charge in [-0.15, -0.1) is 0 Å². The Balaban J connectivity index is 3.38. The maximum atomic E-state index is 10.9. The SMILES string of the molecule is CC(N)(C(=O)O)c1c(O)cccc1Br. The summed E-state index contributed by atoms with van der Waals surface area (Å²) in [6, 6.07) is 4.62. The maximum Gasteiger partial charge on any atom is 0.328 e. The summed E-state index contributed by atoms with van der Waals surface area (Å²) in [5, 5.41) is 18.4. The van der Waals surface area contributed by atoms with E-state index in [9.17, 15) is 9.90 Å². The number of carboxylic acids is 1. The van der Waals surface area contributed by atoms with Crippen LogP contribution >= 0.6 is 15.9 Å². The van der Waals surface area contributed by atoms with Crippen molar-refractivity contribution >= 4 is 21.9 Å². The van der Waals surface area contributed by atoms with Crippen molar-refractivity contribution in [2.24, 2.45) is 5.73 Å². The van der Waals surface area contributed by atoms with E-state index in [0.717, 1.165) is 0 Å². The van der Waals surface area contributed by atoms with E-state index in [2.05, 4.69) is 15.9 Å². The smallest absolute Gasteiger partial charge is 0.328 e. The van der Waals surface area contributed by atoms with Gasteiger partial charge in [0.25, 0.3) is 0 Å². The lowest BCUT2D eigenvalue weighted by atomic mass is 9.92. The molecule has 0 saturated carbocycles. The fraction of sp³-hybridized carbons (Fsp3) is 0.222. The second kappa shape index (κ2) is 3.59. The Kier molecular flexibility index (Phi) is 2.82. The van der Waals surface area contributed by atoms with Crippen molar-refractivity contribution in [1.29, 1.82) is 0 Å². The Morgan fingerprint density at radius 3 is 2.57 bits per heavy atom. The quantitative estimate of drug-likeness (QED) is 0.750. The zero-order chi connectivity index (χ0) is 10.9. The molecule has 0 radical (unpaired) electrons. The number of rotatable bonds is 2. The van der Waals surface area contributed by atoms with E-state index in [1.807, 2.05) is 0 Å². The van der Waals surface area contributed by atoms with Gasteiger partial charge < -0.3 is 15.9 Å². The van der Waals surface area contributed by atoms with Crippen molar-refractivity contribution in [3.63, 3.8) is 0 Å². The first-order valence-electron chi connectivity index (χ1n) is 3.87. The topological polar surface area (TPSA) is 83.6 Å². The molecule has 0 saturated heterocycles. The standard InChI is InChI=1S/C9H10BrNO3/c1-9(11,8(13)14)7-5(10)3-2-4-6(7)12/h2-4,12H,11H2,1H3,(H,13,14). The predicted octanol–water partition coefficient (Wildman–Crippen LogP) is 1.41. The molecular formula is C9H10BrNO3. The van der Waals surface area contributed by atoms with E-state index in [0.29, 0.717) is 4.47 Å². The van der Waals surface area contributed by atoms with Crippen molar-refractivity contribution in [1.82, 2.24) is 0 Å². The highest BCUT2D eigenvalue weighted by Crippen LogP contribution is 2.33. The molecule has 4 nitrogen and oxygen atoms in total. The van der Waals surface area contributed by atoms with Gasteiger partial charge in [-0.3, -0.25) is 0 Å². The number of carboxylic acid groups (broad SMARTS) is 1. The highest BCUT2D eigenvalue weighted by molar-refractivity contribution is 9.10. The van der Waals surface area contributed by atoms with Crippen LogP contribution in [0.2, 0.25) is 0 Å². The first-order chi connectivity index (χ1) is 6.37. The minimum atomic E-state index is -1.61. The third-order valence-electron chi connectivity index (χ3n) is 1.96. The fourth-order valence-corrected chi connectivity index (χ4v) is 1.90. The van der Waals surface area contributed by atoms with E-state index in [4.69, 9.17) is 10.8 Å². The molecule has 0 aliphatic heterocycles. The summed E-state index contributed by atoms with van der Waals surface area (Å²) in [4.78, 5) is 10.9. The van der Waals surface area contributed by atoms with Gasteiger partial charge >= 0.3 is 5.97 Å². The van der Waals surface area contributed by atoms with Gasteiger partial charge in [0, 0.05) is 10.0 Å². The molecule has 0 aliphatic rings. The van der Waals surface area contributed by atoms with Crippen LogP contribution < -0.4 is 5.73 Å². The maximum absolute atomic E-state index is 10.9. The summed E-state index contributed by atoms with van der Waals surface area (Å²) in [5.41, 5.74) is 4.16. The van der Waals surface area contributed by atoms with Gasteiger partial charge in [-0.05, 0) is 19.1 Å². The van der Waals surface area contributed by atoms with Crippen LogP contribution in [0.4, 0.5) is 0 Å². The van der Waals surface area contributed by atoms with Crippen molar-refractivity contribution in [2.45, 2.75) is 12.5 Å². The molecule has 0 aliphatic carbocycles. The van der Waals surface area contributed by atoms with E-state index in [1.54, 1.807) is 12.1 Å². The van der Waals surface area contributed by atoms with Crippen LogP contribution in [0.3, 0.4) is 0 Å². The Labute approximate surface area is 89.5 Å². The summed E-state index contributed by atoms with van der Waals surface area (Å²) < 4.78 is 0.477. The van der Waals surface area contributed by atoms with Crippen LogP contribution in [0.1, 0.15) is 12.5 Å². The molecule has 0 aromatic heterocycles. The minimum absolute atomic E-state index is 0.133. The zero-order valence-electron chi connectivity index (χ0n) is 7.49. The number of aliphatic carboxylic acids is 1. The molecule has 1 aromatic carbocycles. The van der Waals surface area contributed by atoms with Crippen LogP contribution in [0.15, 0.2) is 22.7 Å². The minimum Gasteiger partial charge on any atom is -0.508 e. The van der Waals surface area contributed by atoms with E-state index in [-0.39, 0.29) is 11.3 Å². The average molecular weight is 260 g/mol. The summed E-state index contributed by atoms with van der Waals surface area (Å²) in [6.07, 6.45) is 0. The van der Waals surface area contributed by atoms with Crippen LogP contribution in [0.5, 0.6) is 5.75 Å². The number of phenols is 1. The zero-order valence-corrected chi connectivity index (χ0v) is 9.08. The molecule has 1 atom stereocenters. The molecular weight excluding hydrogens is 250 g/mol. The second-order valence-electron chi connectivity index (χ2n) is 3.14. The summed E-state index contributed by atoms with van der Waals surface area (Å²) in [6.45, 7) is 1.33. The van der Waals surface area contributed by atoms with Crippen LogP contribution in [-0.2, 0) is 10.3 Å². The number of hydrogen-bond acceptors (Lipinski definition) is 3. The first-order valence-corrected chi connectivity index (χ1v) is 4.67. The van der Waals surface area contributed by atoms with Crippen molar-refractivity contribution in [2.75, 3.05) is 0 Å². The molecule has 5 heteroatoms. The average Bonchev–Trinajstić information content (AvgIpc) is 2.02. The molecule has 76 valence electrons. The Hall–Kier alpha value is -1.07. The van der Waals surface area contributed by atoms with Gasteiger partial charge in [-0.25, -0.2) is 4.79 Å². The van der Waals surface area contributed by atoms with Crippen LogP contribution in [0.25, 0.3) is 0 Å². The van der Waals surface area contributed by atoms with E-state index >= 15 is 0 Å². The number of aromatic hydroxyl groups is 1. The lowest BCUT2D eigenvalue weighted by Gasteiger charge is -2.22. The molecule has 0 spiro atoms. The third-order valence-corrected chi connectivity index (χ3v) is 2.62. The number of hydrogen-bond donors (Lipinski definition) is 3. The molecule has 0 amide bonds. The molecule has 0 bridgehead atoms. The molecule has 1 aromatic rings. The Bertz CT molecular complexity index is 356. The van der Waals surface area contributed by atoms with Crippen molar-refractivity contribution < 1.29 is 15.0 Å². The predicted molar refractivity (Wildman–Crippen MR) is 55.0 cm³/mol. The number of phenolic OH excluding ortho intramolecular Hbond substituents is 1. The van der Waals surface area contributed by atoms with Crippen LogP contribution in [0, 0.1) is 0 Å². The molecule has 0 fully saturated rings. The highest BCUT2D eigenvalue weighted by atomic mass is 79.9. The van der Waals surface area contributed by atoms with E-state index in [1.165, 1.54) is 13.0 Å². The molecule has 14 heavy (non-hydrogen) atoms.